The van der Waals surface area contributed by atoms with Crippen molar-refractivity contribution in [3.63, 3.8) is 0 Å². The number of nitrogens with one attached hydrogen (secondary N) is 1. The number of hydrogen-bond donors (Lipinski definition) is 1. The molecule has 0 bridgehead atoms. The molecule has 1 aliphatic rings. The van der Waals surface area contributed by atoms with Gasteiger partial charge in [-0.15, -0.1) is 0 Å². The maximum atomic E-state index is 11.9. The van der Waals surface area contributed by atoms with E-state index in [4.69, 9.17) is 4.42 Å². The van der Waals surface area contributed by atoms with Crippen LogP contribution in [-0.4, -0.2) is 42.2 Å². The molecule has 1 N–H and O–H groups in total. The third kappa shape index (κ3) is 2.64. The quantitative estimate of drug-likeness (QED) is 0.913. The second-order valence-electron chi connectivity index (χ2n) is 5.47. The lowest BCUT2D eigenvalue weighted by atomic mass is 10.1. The summed E-state index contributed by atoms with van der Waals surface area (Å²) in [6, 6.07) is 8.15. The summed E-state index contributed by atoms with van der Waals surface area (Å²) < 4.78 is 6.98. The molecule has 0 radical (unpaired) electrons. The second-order valence-corrected chi connectivity index (χ2v) is 5.47. The molecule has 0 aliphatic carbocycles. The van der Waals surface area contributed by atoms with E-state index in [1.807, 2.05) is 24.3 Å². The van der Waals surface area contributed by atoms with Crippen LogP contribution in [0.5, 0.6) is 0 Å². The zero-order valence-corrected chi connectivity index (χ0v) is 11.8. The lowest BCUT2D eigenvalue weighted by molar-refractivity contribution is 0.196. The molecule has 1 atom stereocenters. The Morgan fingerprint density at radius 3 is 3.10 bits per heavy atom. The third-order valence-electron chi connectivity index (χ3n) is 4.14. The van der Waals surface area contributed by atoms with Gasteiger partial charge in [0.25, 0.3) is 0 Å². The molecule has 3 rings (SSSR count). The van der Waals surface area contributed by atoms with Crippen LogP contribution in [0.15, 0.2) is 33.5 Å². The summed E-state index contributed by atoms with van der Waals surface area (Å²) in [7, 11) is 2.13. The van der Waals surface area contributed by atoms with E-state index in [2.05, 4.69) is 17.3 Å². The Kier molecular flexibility index (Phi) is 3.89. The van der Waals surface area contributed by atoms with Crippen LogP contribution in [-0.2, 0) is 6.54 Å². The van der Waals surface area contributed by atoms with E-state index in [0.717, 1.165) is 25.2 Å². The van der Waals surface area contributed by atoms with Crippen molar-refractivity contribution in [2.45, 2.75) is 25.4 Å². The molecule has 1 fully saturated rings. The Morgan fingerprint density at radius 1 is 1.45 bits per heavy atom. The molecule has 20 heavy (non-hydrogen) atoms. The first-order valence-electron chi connectivity index (χ1n) is 7.25. The molecule has 2 heterocycles. The van der Waals surface area contributed by atoms with Crippen molar-refractivity contribution in [1.29, 1.82) is 0 Å². The van der Waals surface area contributed by atoms with E-state index in [1.165, 1.54) is 12.8 Å². The van der Waals surface area contributed by atoms with Crippen molar-refractivity contribution in [3.8, 4) is 0 Å². The van der Waals surface area contributed by atoms with Crippen LogP contribution < -0.4 is 11.1 Å². The van der Waals surface area contributed by atoms with Gasteiger partial charge < -0.3 is 14.6 Å². The lowest BCUT2D eigenvalue weighted by Gasteiger charge is -2.31. The lowest BCUT2D eigenvalue weighted by Crippen LogP contribution is -2.45. The number of aromatic nitrogens is 1. The molecule has 1 unspecified atom stereocenters. The molecule has 1 saturated heterocycles. The molecule has 5 heteroatoms. The van der Waals surface area contributed by atoms with Crippen LogP contribution in [0.2, 0.25) is 0 Å². The molecule has 2 aromatic rings. The Balaban J connectivity index is 1.70. The molecule has 1 aromatic carbocycles. The largest absolute Gasteiger partial charge is 0.419 e. The predicted octanol–water partition coefficient (Wildman–Crippen LogP) is 1.28. The highest BCUT2D eigenvalue weighted by Gasteiger charge is 2.18. The first-order valence-corrected chi connectivity index (χ1v) is 7.25. The molecule has 0 spiro atoms. The van der Waals surface area contributed by atoms with E-state index in [9.17, 15) is 4.79 Å². The average molecular weight is 275 g/mol. The molecular weight excluding hydrogens is 254 g/mol. The summed E-state index contributed by atoms with van der Waals surface area (Å²) in [5.41, 5.74) is 1.55. The second kappa shape index (κ2) is 5.81. The Hall–Kier alpha value is -1.59. The number of piperidine rings is 1. The van der Waals surface area contributed by atoms with E-state index in [-0.39, 0.29) is 5.76 Å². The van der Waals surface area contributed by atoms with Crippen LogP contribution >= 0.6 is 0 Å². The predicted molar refractivity (Wildman–Crippen MR) is 79.0 cm³/mol. The van der Waals surface area contributed by atoms with Gasteiger partial charge in [-0.1, -0.05) is 12.1 Å². The number of fused-ring (bicyclic) bond motifs is 1. The number of benzene rings is 1. The highest BCUT2D eigenvalue weighted by molar-refractivity contribution is 5.72. The summed E-state index contributed by atoms with van der Waals surface area (Å²) in [5.74, 6) is -0.263. The van der Waals surface area contributed by atoms with Gasteiger partial charge in [-0.25, -0.2) is 4.79 Å². The minimum Gasteiger partial charge on any atom is -0.408 e. The minimum absolute atomic E-state index is 0.263. The fourth-order valence-electron chi connectivity index (χ4n) is 2.88. The monoisotopic (exact) mass is 275 g/mol. The molecule has 0 saturated carbocycles. The third-order valence-corrected chi connectivity index (χ3v) is 4.14. The summed E-state index contributed by atoms with van der Waals surface area (Å²) >= 11 is 0. The van der Waals surface area contributed by atoms with E-state index in [1.54, 1.807) is 4.57 Å². The number of oxazole rings is 1. The molecule has 5 nitrogen and oxygen atoms in total. The maximum absolute atomic E-state index is 11.9. The van der Waals surface area contributed by atoms with Gasteiger partial charge in [0.15, 0.2) is 5.58 Å². The van der Waals surface area contributed by atoms with Gasteiger partial charge in [-0.2, -0.15) is 0 Å². The number of rotatable bonds is 4. The number of hydrogen-bond acceptors (Lipinski definition) is 4. The molecule has 108 valence electrons. The Labute approximate surface area is 118 Å². The first-order chi connectivity index (χ1) is 9.75. The highest BCUT2D eigenvalue weighted by Crippen LogP contribution is 2.13. The van der Waals surface area contributed by atoms with Crippen LogP contribution in [0.3, 0.4) is 0 Å². The summed E-state index contributed by atoms with van der Waals surface area (Å²) in [6.45, 7) is 3.69. The van der Waals surface area contributed by atoms with Gasteiger partial charge in [0.05, 0.1) is 5.52 Å². The van der Waals surface area contributed by atoms with Gasteiger partial charge in [0, 0.05) is 25.7 Å². The molecule has 1 aromatic heterocycles. The summed E-state index contributed by atoms with van der Waals surface area (Å²) in [5, 5.41) is 3.42. The van der Waals surface area contributed by atoms with Crippen LogP contribution in [0.1, 0.15) is 12.8 Å². The zero-order chi connectivity index (χ0) is 13.9. The van der Waals surface area contributed by atoms with Crippen LogP contribution in [0.25, 0.3) is 11.1 Å². The SMILES string of the molecule is CN(CCn1c(=O)oc2ccccc21)C1CCCNC1. The van der Waals surface area contributed by atoms with Gasteiger partial charge in [0.1, 0.15) is 0 Å². The van der Waals surface area contributed by atoms with Crippen LogP contribution in [0.4, 0.5) is 0 Å². The van der Waals surface area contributed by atoms with E-state index >= 15 is 0 Å². The zero-order valence-electron chi connectivity index (χ0n) is 11.8. The number of para-hydroxylation sites is 2. The first kappa shape index (κ1) is 13.4. The maximum Gasteiger partial charge on any atom is 0.419 e. The van der Waals surface area contributed by atoms with Gasteiger partial charge in [-0.05, 0) is 38.6 Å². The summed E-state index contributed by atoms with van der Waals surface area (Å²) in [4.78, 5) is 14.2. The van der Waals surface area contributed by atoms with Crippen molar-refractivity contribution in [2.24, 2.45) is 0 Å². The van der Waals surface area contributed by atoms with Crippen molar-refractivity contribution < 1.29 is 4.42 Å². The topological polar surface area (TPSA) is 50.4 Å². The molecule has 1 aliphatic heterocycles. The van der Waals surface area contributed by atoms with E-state index in [0.29, 0.717) is 18.2 Å². The number of nitrogens with zero attached hydrogens (tertiary/aromatic N) is 2. The van der Waals surface area contributed by atoms with Gasteiger partial charge >= 0.3 is 5.76 Å². The van der Waals surface area contributed by atoms with Crippen LogP contribution in [0, 0.1) is 0 Å². The van der Waals surface area contributed by atoms with Crippen molar-refractivity contribution in [1.82, 2.24) is 14.8 Å². The van der Waals surface area contributed by atoms with Gasteiger partial charge in [0.2, 0.25) is 0 Å². The fourth-order valence-corrected chi connectivity index (χ4v) is 2.88. The van der Waals surface area contributed by atoms with Gasteiger partial charge in [-0.3, -0.25) is 4.57 Å². The summed E-state index contributed by atoms with van der Waals surface area (Å²) in [6.07, 6.45) is 2.45. The number of likely N-dealkylation sites (N-methyl/N-ethyl adjacent to an activating group) is 1. The average Bonchev–Trinajstić information content (AvgIpc) is 2.81. The van der Waals surface area contributed by atoms with Crippen molar-refractivity contribution >= 4 is 11.1 Å². The fraction of sp³-hybridized carbons (Fsp3) is 0.533. The highest BCUT2D eigenvalue weighted by atomic mass is 16.4. The Bertz CT molecular complexity index is 625. The van der Waals surface area contributed by atoms with E-state index < -0.39 is 0 Å². The minimum atomic E-state index is -0.263. The normalized spacial score (nSPS) is 19.8. The Morgan fingerprint density at radius 2 is 2.30 bits per heavy atom. The standard InChI is InChI=1S/C15H21N3O2/c1-17(12-5-4-8-16-11-12)9-10-18-13-6-2-3-7-14(13)20-15(18)19/h2-3,6-7,12,16H,4-5,8-11H2,1H3. The smallest absolute Gasteiger partial charge is 0.408 e. The van der Waals surface area contributed by atoms with Crippen molar-refractivity contribution in [2.75, 3.05) is 26.7 Å². The van der Waals surface area contributed by atoms with Crippen molar-refractivity contribution in [3.05, 3.63) is 34.8 Å². The molecule has 0 amide bonds. The molecular formula is C15H21N3O2.